The molecule has 25 heavy (non-hydrogen) atoms. The SMILES string of the molecule is Cc1ccc(N(CC(=O)NCC[NH+]2CCOCC2)S(C)(=O)=O)c(C)c1. The van der Waals surface area contributed by atoms with Gasteiger partial charge in [0.2, 0.25) is 15.9 Å². The third-order valence-corrected chi connectivity index (χ3v) is 5.44. The fourth-order valence-electron chi connectivity index (χ4n) is 2.94. The smallest absolute Gasteiger partial charge is 0.240 e. The molecule has 2 rings (SSSR count). The maximum atomic E-state index is 12.2. The van der Waals surface area contributed by atoms with Gasteiger partial charge >= 0.3 is 0 Å². The monoisotopic (exact) mass is 370 g/mol. The summed E-state index contributed by atoms with van der Waals surface area (Å²) in [6, 6.07) is 5.50. The number of sulfonamides is 1. The molecule has 7 nitrogen and oxygen atoms in total. The molecular weight excluding hydrogens is 342 g/mol. The molecular formula is C17H28N3O4S+. The molecule has 1 aliphatic heterocycles. The third kappa shape index (κ3) is 5.98. The van der Waals surface area contributed by atoms with Crippen LogP contribution in [0.5, 0.6) is 0 Å². The van der Waals surface area contributed by atoms with Crippen LogP contribution in [0.15, 0.2) is 18.2 Å². The summed E-state index contributed by atoms with van der Waals surface area (Å²) in [4.78, 5) is 13.6. The maximum Gasteiger partial charge on any atom is 0.240 e. The number of nitrogens with zero attached hydrogens (tertiary/aromatic N) is 1. The number of nitrogens with one attached hydrogen (secondary N) is 2. The standard InChI is InChI=1S/C17H27N3O4S/c1-14-4-5-16(15(2)12-14)20(25(3,22)23)13-17(21)18-6-7-19-8-10-24-11-9-19/h4-5,12H,6-11,13H2,1-3H3,(H,18,21)/p+1. The van der Waals surface area contributed by atoms with E-state index in [0.717, 1.165) is 50.2 Å². The van der Waals surface area contributed by atoms with Crippen molar-refractivity contribution in [2.45, 2.75) is 13.8 Å². The number of amides is 1. The highest BCUT2D eigenvalue weighted by atomic mass is 32.2. The van der Waals surface area contributed by atoms with Gasteiger partial charge in [0.15, 0.2) is 0 Å². The molecule has 0 saturated carbocycles. The predicted molar refractivity (Wildman–Crippen MR) is 97.5 cm³/mol. The van der Waals surface area contributed by atoms with Crippen molar-refractivity contribution in [3.63, 3.8) is 0 Å². The summed E-state index contributed by atoms with van der Waals surface area (Å²) >= 11 is 0. The van der Waals surface area contributed by atoms with E-state index in [4.69, 9.17) is 4.74 Å². The van der Waals surface area contributed by atoms with Crippen molar-refractivity contribution in [2.24, 2.45) is 0 Å². The number of quaternary nitrogens is 1. The third-order valence-electron chi connectivity index (χ3n) is 4.31. The summed E-state index contributed by atoms with van der Waals surface area (Å²) in [6.07, 6.45) is 1.12. The zero-order valence-electron chi connectivity index (χ0n) is 15.2. The van der Waals surface area contributed by atoms with Gasteiger partial charge in [-0.25, -0.2) is 8.42 Å². The molecule has 8 heteroatoms. The van der Waals surface area contributed by atoms with E-state index in [1.807, 2.05) is 26.0 Å². The van der Waals surface area contributed by atoms with Crippen LogP contribution in [0.3, 0.4) is 0 Å². The Kier molecular flexibility index (Phi) is 6.80. The zero-order chi connectivity index (χ0) is 18.4. The Morgan fingerprint density at radius 1 is 1.28 bits per heavy atom. The number of carbonyl (C=O) groups is 1. The molecule has 1 amide bonds. The van der Waals surface area contributed by atoms with Crippen molar-refractivity contribution < 1.29 is 22.8 Å². The average Bonchev–Trinajstić information content (AvgIpc) is 2.53. The minimum atomic E-state index is -3.54. The lowest BCUT2D eigenvalue weighted by Gasteiger charge is -2.25. The van der Waals surface area contributed by atoms with E-state index in [1.165, 1.54) is 9.21 Å². The molecule has 0 spiro atoms. The number of rotatable bonds is 7. The number of hydrogen-bond acceptors (Lipinski definition) is 4. The van der Waals surface area contributed by atoms with Crippen molar-refractivity contribution in [2.75, 3.05) is 56.5 Å². The second kappa shape index (κ2) is 8.64. The average molecular weight is 370 g/mol. The second-order valence-electron chi connectivity index (χ2n) is 6.52. The molecule has 0 unspecified atom stereocenters. The van der Waals surface area contributed by atoms with Gasteiger partial charge in [0.1, 0.15) is 19.6 Å². The summed E-state index contributed by atoms with van der Waals surface area (Å²) in [5.41, 5.74) is 2.42. The van der Waals surface area contributed by atoms with E-state index in [0.29, 0.717) is 12.2 Å². The molecule has 0 atom stereocenters. The summed E-state index contributed by atoms with van der Waals surface area (Å²) in [7, 11) is -3.54. The predicted octanol–water partition coefficient (Wildman–Crippen LogP) is -0.899. The Balaban J connectivity index is 1.96. The maximum absolute atomic E-state index is 12.2. The lowest BCUT2D eigenvalue weighted by atomic mass is 10.1. The fourth-order valence-corrected chi connectivity index (χ4v) is 3.86. The first-order chi connectivity index (χ1) is 11.8. The van der Waals surface area contributed by atoms with Crippen LogP contribution in [0.4, 0.5) is 5.69 Å². The van der Waals surface area contributed by atoms with Crippen LogP contribution in [-0.4, -0.2) is 66.5 Å². The van der Waals surface area contributed by atoms with Crippen LogP contribution in [0.25, 0.3) is 0 Å². The molecule has 2 N–H and O–H groups in total. The van der Waals surface area contributed by atoms with Crippen LogP contribution in [0.2, 0.25) is 0 Å². The van der Waals surface area contributed by atoms with Crippen LogP contribution >= 0.6 is 0 Å². The molecule has 1 fully saturated rings. The first-order valence-electron chi connectivity index (χ1n) is 8.50. The molecule has 140 valence electrons. The second-order valence-corrected chi connectivity index (χ2v) is 8.43. The lowest BCUT2D eigenvalue weighted by Crippen LogP contribution is -3.14. The highest BCUT2D eigenvalue weighted by molar-refractivity contribution is 7.92. The van der Waals surface area contributed by atoms with E-state index in [-0.39, 0.29) is 12.5 Å². The molecule has 1 aromatic rings. The molecule has 0 radical (unpaired) electrons. The van der Waals surface area contributed by atoms with Gasteiger partial charge in [-0.2, -0.15) is 0 Å². The molecule has 0 bridgehead atoms. The van der Waals surface area contributed by atoms with Gasteiger partial charge in [0.05, 0.1) is 38.2 Å². The topological polar surface area (TPSA) is 80.2 Å². The van der Waals surface area contributed by atoms with Crippen molar-refractivity contribution >= 4 is 21.6 Å². The van der Waals surface area contributed by atoms with Crippen molar-refractivity contribution in [3.05, 3.63) is 29.3 Å². The number of ether oxygens (including phenoxy) is 1. The van der Waals surface area contributed by atoms with E-state index >= 15 is 0 Å². The highest BCUT2D eigenvalue weighted by Gasteiger charge is 2.22. The van der Waals surface area contributed by atoms with Gasteiger partial charge in [-0.05, 0) is 25.5 Å². The van der Waals surface area contributed by atoms with Gasteiger partial charge in [0.25, 0.3) is 0 Å². The van der Waals surface area contributed by atoms with Gasteiger partial charge in [-0.1, -0.05) is 17.7 Å². The summed E-state index contributed by atoms with van der Waals surface area (Å²) in [5, 5.41) is 2.83. The Morgan fingerprint density at radius 2 is 1.96 bits per heavy atom. The number of morpholine rings is 1. The normalized spacial score (nSPS) is 15.8. The van der Waals surface area contributed by atoms with E-state index < -0.39 is 10.0 Å². The van der Waals surface area contributed by atoms with Gasteiger partial charge in [-0.15, -0.1) is 0 Å². The minimum Gasteiger partial charge on any atom is -0.370 e. The molecule has 1 aromatic carbocycles. The van der Waals surface area contributed by atoms with Crippen LogP contribution in [-0.2, 0) is 19.6 Å². The number of carbonyl (C=O) groups excluding carboxylic acids is 1. The number of anilines is 1. The zero-order valence-corrected chi connectivity index (χ0v) is 16.0. The number of hydrogen-bond donors (Lipinski definition) is 2. The first-order valence-corrected chi connectivity index (χ1v) is 10.3. The largest absolute Gasteiger partial charge is 0.370 e. The number of benzene rings is 1. The first kappa shape index (κ1) is 19.7. The molecule has 0 aliphatic carbocycles. The van der Waals surface area contributed by atoms with Crippen molar-refractivity contribution in [1.29, 1.82) is 0 Å². The van der Waals surface area contributed by atoms with E-state index in [2.05, 4.69) is 5.32 Å². The summed E-state index contributed by atoms with van der Waals surface area (Å²) < 4.78 is 30.8. The minimum absolute atomic E-state index is 0.207. The van der Waals surface area contributed by atoms with Crippen LogP contribution in [0.1, 0.15) is 11.1 Å². The van der Waals surface area contributed by atoms with E-state index in [9.17, 15) is 13.2 Å². The van der Waals surface area contributed by atoms with Crippen molar-refractivity contribution in [1.82, 2.24) is 5.32 Å². The molecule has 0 aromatic heterocycles. The fraction of sp³-hybridized carbons (Fsp3) is 0.588. The Labute approximate surface area is 150 Å². The Morgan fingerprint density at radius 3 is 2.56 bits per heavy atom. The Hall–Kier alpha value is -1.64. The van der Waals surface area contributed by atoms with E-state index in [1.54, 1.807) is 6.07 Å². The summed E-state index contributed by atoms with van der Waals surface area (Å²) in [5.74, 6) is -0.293. The quantitative estimate of drug-likeness (QED) is 0.652. The van der Waals surface area contributed by atoms with Gasteiger partial charge in [-0.3, -0.25) is 9.10 Å². The molecule has 1 aliphatic rings. The molecule has 1 heterocycles. The number of aryl methyl sites for hydroxylation is 2. The summed E-state index contributed by atoms with van der Waals surface area (Å²) in [6.45, 7) is 8.30. The Bertz CT molecular complexity index is 700. The lowest BCUT2D eigenvalue weighted by molar-refractivity contribution is -0.906. The van der Waals surface area contributed by atoms with Gasteiger partial charge < -0.3 is 15.0 Å². The van der Waals surface area contributed by atoms with Crippen LogP contribution < -0.4 is 14.5 Å². The van der Waals surface area contributed by atoms with Crippen LogP contribution in [0, 0.1) is 13.8 Å². The molecule has 1 saturated heterocycles. The van der Waals surface area contributed by atoms with Gasteiger partial charge in [0, 0.05) is 0 Å². The highest BCUT2D eigenvalue weighted by Crippen LogP contribution is 2.23. The van der Waals surface area contributed by atoms with Crippen molar-refractivity contribution in [3.8, 4) is 0 Å².